The van der Waals surface area contributed by atoms with E-state index in [2.05, 4.69) is 4.74 Å². The Hall–Kier alpha value is -1.55. The van der Waals surface area contributed by atoms with Crippen LogP contribution in [-0.4, -0.2) is 25.0 Å². The van der Waals surface area contributed by atoms with Gasteiger partial charge in [0.2, 0.25) is 0 Å². The van der Waals surface area contributed by atoms with Crippen LogP contribution in [0.1, 0.15) is 30.6 Å². The van der Waals surface area contributed by atoms with E-state index in [9.17, 15) is 9.59 Å². The average Bonchev–Trinajstić information content (AvgIpc) is 3.19. The molecule has 0 N–H and O–H groups in total. The molecule has 1 aliphatic rings. The van der Waals surface area contributed by atoms with Crippen LogP contribution in [0.15, 0.2) is 18.2 Å². The first-order valence-electron chi connectivity index (χ1n) is 6.52. The van der Waals surface area contributed by atoms with Crippen LogP contribution >= 0.6 is 11.6 Å². The number of carbonyl (C=O) groups excluding carboxylic acids is 2. The second kappa shape index (κ2) is 5.83. The minimum atomic E-state index is -0.325. The van der Waals surface area contributed by atoms with Crippen LogP contribution in [0.25, 0.3) is 0 Å². The van der Waals surface area contributed by atoms with Crippen LogP contribution in [0.5, 0.6) is 5.75 Å². The monoisotopic (exact) mass is 296 g/mol. The number of Topliss-reactive ketones (excluding diaryl/α,β-unsaturated/α-hetero) is 1. The smallest absolute Gasteiger partial charge is 0.309 e. The summed E-state index contributed by atoms with van der Waals surface area (Å²) in [6.45, 7) is 3.81. The number of benzene rings is 1. The molecule has 0 aliphatic heterocycles. The number of ketones is 1. The average molecular weight is 297 g/mol. The molecule has 2 rings (SSSR count). The molecule has 0 saturated heterocycles. The van der Waals surface area contributed by atoms with Crippen molar-refractivity contribution in [3.05, 3.63) is 28.8 Å². The summed E-state index contributed by atoms with van der Waals surface area (Å²) in [7, 11) is 1.33. The number of methoxy groups -OCH3 is 1. The summed E-state index contributed by atoms with van der Waals surface area (Å²) in [5.41, 5.74) is 0.502. The predicted octanol–water partition coefficient (Wildman–Crippen LogP) is 3.12. The molecule has 0 amide bonds. The molecule has 2 atom stereocenters. The van der Waals surface area contributed by atoms with Gasteiger partial charge in [0.25, 0.3) is 0 Å². The molecule has 0 bridgehead atoms. The van der Waals surface area contributed by atoms with Gasteiger partial charge in [-0.25, -0.2) is 0 Å². The van der Waals surface area contributed by atoms with Crippen molar-refractivity contribution in [2.45, 2.75) is 26.4 Å². The fourth-order valence-corrected chi connectivity index (χ4v) is 2.34. The first-order valence-corrected chi connectivity index (χ1v) is 6.90. The standard InChI is InChI=1S/C15H17ClO4/c1-8(2)20-13-5-4-9(6-12(13)16)14(17)10-7-11(10)15(18)19-3/h4-6,8,10-11H,7H2,1-3H3/t10-,11-/m0/s1. The Labute approximate surface area is 123 Å². The number of hydrogen-bond donors (Lipinski definition) is 0. The lowest BCUT2D eigenvalue weighted by atomic mass is 10.1. The Bertz CT molecular complexity index is 539. The van der Waals surface area contributed by atoms with E-state index in [1.807, 2.05) is 13.8 Å². The van der Waals surface area contributed by atoms with Gasteiger partial charge in [0.1, 0.15) is 5.75 Å². The third-order valence-electron chi connectivity index (χ3n) is 3.21. The molecular formula is C15H17ClO4. The number of esters is 1. The van der Waals surface area contributed by atoms with E-state index in [0.717, 1.165) is 0 Å². The molecular weight excluding hydrogens is 280 g/mol. The van der Waals surface area contributed by atoms with Crippen molar-refractivity contribution >= 4 is 23.4 Å². The lowest BCUT2D eigenvalue weighted by Gasteiger charge is -2.12. The van der Waals surface area contributed by atoms with E-state index in [0.29, 0.717) is 22.8 Å². The Kier molecular flexibility index (Phi) is 4.33. The van der Waals surface area contributed by atoms with E-state index in [4.69, 9.17) is 16.3 Å². The largest absolute Gasteiger partial charge is 0.489 e. The molecule has 1 aliphatic carbocycles. The van der Waals surface area contributed by atoms with Crippen LogP contribution in [0.4, 0.5) is 0 Å². The maximum Gasteiger partial charge on any atom is 0.309 e. The van der Waals surface area contributed by atoms with Crippen LogP contribution < -0.4 is 4.74 Å². The van der Waals surface area contributed by atoms with E-state index in [1.165, 1.54) is 7.11 Å². The summed E-state index contributed by atoms with van der Waals surface area (Å²) < 4.78 is 10.2. The van der Waals surface area contributed by atoms with Crippen molar-refractivity contribution in [1.29, 1.82) is 0 Å². The van der Waals surface area contributed by atoms with E-state index in [-0.39, 0.29) is 29.7 Å². The molecule has 0 spiro atoms. The van der Waals surface area contributed by atoms with Crippen molar-refractivity contribution in [1.82, 2.24) is 0 Å². The normalized spacial score (nSPS) is 20.6. The molecule has 4 nitrogen and oxygen atoms in total. The Balaban J connectivity index is 2.09. The van der Waals surface area contributed by atoms with Crippen LogP contribution in [0.2, 0.25) is 5.02 Å². The van der Waals surface area contributed by atoms with Gasteiger partial charge in [-0.05, 0) is 38.5 Å². The second-order valence-corrected chi connectivity index (χ2v) is 5.56. The maximum atomic E-state index is 12.2. The summed E-state index contributed by atoms with van der Waals surface area (Å²) in [5.74, 6) is -0.431. The zero-order valence-electron chi connectivity index (χ0n) is 11.7. The maximum absolute atomic E-state index is 12.2. The molecule has 5 heteroatoms. The molecule has 0 unspecified atom stereocenters. The van der Waals surface area contributed by atoms with Gasteiger partial charge in [0, 0.05) is 11.5 Å². The van der Waals surface area contributed by atoms with Gasteiger partial charge in [-0.2, -0.15) is 0 Å². The minimum Gasteiger partial charge on any atom is -0.489 e. The van der Waals surface area contributed by atoms with Gasteiger partial charge in [0.05, 0.1) is 24.2 Å². The molecule has 20 heavy (non-hydrogen) atoms. The highest BCUT2D eigenvalue weighted by molar-refractivity contribution is 6.32. The molecule has 0 aromatic heterocycles. The van der Waals surface area contributed by atoms with Gasteiger partial charge >= 0.3 is 5.97 Å². The number of ether oxygens (including phenoxy) is 2. The van der Waals surface area contributed by atoms with Crippen molar-refractivity contribution < 1.29 is 19.1 Å². The van der Waals surface area contributed by atoms with Gasteiger partial charge < -0.3 is 9.47 Å². The first-order chi connectivity index (χ1) is 9.43. The van der Waals surface area contributed by atoms with Crippen LogP contribution in [-0.2, 0) is 9.53 Å². The molecule has 1 fully saturated rings. The predicted molar refractivity (Wildman–Crippen MR) is 75.2 cm³/mol. The minimum absolute atomic E-state index is 0.0150. The molecule has 108 valence electrons. The summed E-state index contributed by atoms with van der Waals surface area (Å²) in [6.07, 6.45) is 0.564. The lowest BCUT2D eigenvalue weighted by Crippen LogP contribution is -2.11. The summed E-state index contributed by atoms with van der Waals surface area (Å²) >= 11 is 6.10. The topological polar surface area (TPSA) is 52.6 Å². The summed E-state index contributed by atoms with van der Waals surface area (Å²) in [4.78, 5) is 23.6. The van der Waals surface area contributed by atoms with E-state index >= 15 is 0 Å². The van der Waals surface area contributed by atoms with Crippen molar-refractivity contribution in [2.75, 3.05) is 7.11 Å². The molecule has 1 aromatic carbocycles. The number of hydrogen-bond acceptors (Lipinski definition) is 4. The third kappa shape index (κ3) is 3.12. The highest BCUT2D eigenvalue weighted by atomic mass is 35.5. The zero-order valence-corrected chi connectivity index (χ0v) is 12.4. The molecule has 1 saturated carbocycles. The van der Waals surface area contributed by atoms with Crippen LogP contribution in [0, 0.1) is 11.8 Å². The fourth-order valence-electron chi connectivity index (χ4n) is 2.11. The summed E-state index contributed by atoms with van der Waals surface area (Å²) in [6, 6.07) is 4.96. The number of halogens is 1. The molecule has 0 radical (unpaired) electrons. The van der Waals surface area contributed by atoms with Crippen molar-refractivity contribution in [3.8, 4) is 5.75 Å². The van der Waals surface area contributed by atoms with Gasteiger partial charge in [0.15, 0.2) is 5.78 Å². The van der Waals surface area contributed by atoms with Crippen molar-refractivity contribution in [2.24, 2.45) is 11.8 Å². The first kappa shape index (κ1) is 14.9. The lowest BCUT2D eigenvalue weighted by molar-refractivity contribution is -0.142. The second-order valence-electron chi connectivity index (χ2n) is 5.15. The number of rotatable bonds is 5. The van der Waals surface area contributed by atoms with Gasteiger partial charge in [-0.3, -0.25) is 9.59 Å². The fraction of sp³-hybridized carbons (Fsp3) is 0.467. The third-order valence-corrected chi connectivity index (χ3v) is 3.51. The quantitative estimate of drug-likeness (QED) is 0.619. The Morgan fingerprint density at radius 1 is 1.30 bits per heavy atom. The molecule has 1 aromatic rings. The Morgan fingerprint density at radius 2 is 2.00 bits per heavy atom. The van der Waals surface area contributed by atoms with E-state index < -0.39 is 0 Å². The van der Waals surface area contributed by atoms with Crippen LogP contribution in [0.3, 0.4) is 0 Å². The van der Waals surface area contributed by atoms with E-state index in [1.54, 1.807) is 18.2 Å². The van der Waals surface area contributed by atoms with Crippen molar-refractivity contribution in [3.63, 3.8) is 0 Å². The number of carbonyl (C=O) groups is 2. The molecule has 0 heterocycles. The highest BCUT2D eigenvalue weighted by Crippen LogP contribution is 2.42. The summed E-state index contributed by atoms with van der Waals surface area (Å²) in [5, 5.41) is 0.403. The van der Waals surface area contributed by atoms with Gasteiger partial charge in [-0.15, -0.1) is 0 Å². The highest BCUT2D eigenvalue weighted by Gasteiger charge is 2.48. The van der Waals surface area contributed by atoms with Gasteiger partial charge in [-0.1, -0.05) is 11.6 Å². The Morgan fingerprint density at radius 3 is 2.55 bits per heavy atom. The zero-order chi connectivity index (χ0) is 14.9. The SMILES string of the molecule is COC(=O)[C@H]1C[C@@H]1C(=O)c1ccc(OC(C)C)c(Cl)c1.